The van der Waals surface area contributed by atoms with Crippen molar-refractivity contribution in [2.75, 3.05) is 5.32 Å². The minimum absolute atomic E-state index is 0.248. The molecule has 0 aliphatic carbocycles. The molecule has 3 aromatic heterocycles. The van der Waals surface area contributed by atoms with Gasteiger partial charge in [-0.05, 0) is 30.9 Å². The maximum absolute atomic E-state index is 4.32. The summed E-state index contributed by atoms with van der Waals surface area (Å²) in [6, 6.07) is 2.30. The number of aromatic nitrogens is 4. The molecule has 0 amide bonds. The predicted molar refractivity (Wildman–Crippen MR) is 77.5 cm³/mol. The fourth-order valence-electron chi connectivity index (χ4n) is 2.03. The van der Waals surface area contributed by atoms with Crippen LogP contribution >= 0.6 is 11.3 Å². The number of nitrogens with zero attached hydrogens (tertiary/aromatic N) is 4. The van der Waals surface area contributed by atoms with Gasteiger partial charge in [-0.25, -0.2) is 9.97 Å². The minimum atomic E-state index is 0.248. The minimum Gasteiger partial charge on any atom is -0.365 e. The fraction of sp³-hybridized carbons (Fsp3) is 0.308. The summed E-state index contributed by atoms with van der Waals surface area (Å²) in [6.45, 7) is 4.97. The molecule has 3 rings (SSSR count). The first-order chi connectivity index (χ1) is 9.22. The van der Waals surface area contributed by atoms with Crippen molar-refractivity contribution in [2.24, 2.45) is 0 Å². The van der Waals surface area contributed by atoms with Crippen LogP contribution in [0.15, 0.2) is 30.2 Å². The van der Waals surface area contributed by atoms with Crippen LogP contribution in [0.25, 0.3) is 10.2 Å². The highest BCUT2D eigenvalue weighted by Gasteiger charge is 2.09. The SMILES string of the molecule is Cc1cnn(CC(C)Nc2ncnc3sccc23)c1. The fourth-order valence-corrected chi connectivity index (χ4v) is 2.76. The van der Waals surface area contributed by atoms with Gasteiger partial charge in [0.05, 0.1) is 18.1 Å². The van der Waals surface area contributed by atoms with E-state index in [1.165, 1.54) is 5.56 Å². The Hall–Kier alpha value is -1.95. The van der Waals surface area contributed by atoms with Crippen LogP contribution in [0.2, 0.25) is 0 Å². The van der Waals surface area contributed by atoms with Gasteiger partial charge in [-0.15, -0.1) is 11.3 Å². The number of aryl methyl sites for hydroxylation is 1. The number of anilines is 1. The highest BCUT2D eigenvalue weighted by atomic mass is 32.1. The zero-order valence-electron chi connectivity index (χ0n) is 10.9. The monoisotopic (exact) mass is 273 g/mol. The summed E-state index contributed by atoms with van der Waals surface area (Å²) in [4.78, 5) is 9.58. The largest absolute Gasteiger partial charge is 0.365 e. The second-order valence-corrected chi connectivity index (χ2v) is 5.54. The molecule has 5 nitrogen and oxygen atoms in total. The van der Waals surface area contributed by atoms with Crippen LogP contribution < -0.4 is 5.32 Å². The van der Waals surface area contributed by atoms with E-state index in [4.69, 9.17) is 0 Å². The molecule has 3 aromatic rings. The molecule has 6 heteroatoms. The molecule has 0 spiro atoms. The van der Waals surface area contributed by atoms with Gasteiger partial charge in [0.2, 0.25) is 0 Å². The number of nitrogens with one attached hydrogen (secondary N) is 1. The molecule has 0 saturated heterocycles. The first-order valence-electron chi connectivity index (χ1n) is 6.16. The van der Waals surface area contributed by atoms with Gasteiger partial charge in [-0.3, -0.25) is 4.68 Å². The van der Waals surface area contributed by atoms with Crippen molar-refractivity contribution in [3.63, 3.8) is 0 Å². The smallest absolute Gasteiger partial charge is 0.138 e. The number of hydrogen-bond donors (Lipinski definition) is 1. The third-order valence-corrected chi connectivity index (χ3v) is 3.69. The van der Waals surface area contributed by atoms with Crippen LogP contribution in [-0.2, 0) is 6.54 Å². The molecule has 3 heterocycles. The lowest BCUT2D eigenvalue weighted by atomic mass is 10.3. The van der Waals surface area contributed by atoms with Crippen molar-refractivity contribution < 1.29 is 0 Å². The third kappa shape index (κ3) is 2.58. The predicted octanol–water partition coefficient (Wildman–Crippen LogP) is 2.70. The highest BCUT2D eigenvalue weighted by molar-refractivity contribution is 7.16. The van der Waals surface area contributed by atoms with Gasteiger partial charge in [-0.2, -0.15) is 5.10 Å². The Morgan fingerprint density at radius 3 is 3.11 bits per heavy atom. The number of fused-ring (bicyclic) bond motifs is 1. The lowest BCUT2D eigenvalue weighted by molar-refractivity contribution is 0.560. The maximum atomic E-state index is 4.32. The second kappa shape index (κ2) is 4.97. The van der Waals surface area contributed by atoms with Crippen molar-refractivity contribution >= 4 is 27.4 Å². The van der Waals surface area contributed by atoms with Gasteiger partial charge in [0, 0.05) is 12.2 Å². The average Bonchev–Trinajstić information content (AvgIpc) is 2.98. The molecule has 0 aliphatic heterocycles. The Morgan fingerprint density at radius 1 is 1.42 bits per heavy atom. The Morgan fingerprint density at radius 2 is 2.32 bits per heavy atom. The van der Waals surface area contributed by atoms with Crippen molar-refractivity contribution in [1.82, 2.24) is 19.7 Å². The van der Waals surface area contributed by atoms with Gasteiger partial charge in [-0.1, -0.05) is 0 Å². The number of hydrogen-bond acceptors (Lipinski definition) is 5. The first-order valence-corrected chi connectivity index (χ1v) is 7.04. The van der Waals surface area contributed by atoms with Crippen LogP contribution in [0, 0.1) is 6.92 Å². The van der Waals surface area contributed by atoms with E-state index in [-0.39, 0.29) is 6.04 Å². The van der Waals surface area contributed by atoms with Crippen LogP contribution in [0.1, 0.15) is 12.5 Å². The lowest BCUT2D eigenvalue weighted by Gasteiger charge is -2.14. The molecular formula is C13H15N5S. The van der Waals surface area contributed by atoms with E-state index in [2.05, 4.69) is 27.3 Å². The molecule has 1 atom stereocenters. The lowest BCUT2D eigenvalue weighted by Crippen LogP contribution is -2.22. The molecule has 0 radical (unpaired) electrons. The number of thiophene rings is 1. The molecule has 0 aliphatic rings. The summed E-state index contributed by atoms with van der Waals surface area (Å²) < 4.78 is 1.94. The van der Waals surface area contributed by atoms with Gasteiger partial charge in [0.1, 0.15) is 17.0 Å². The summed E-state index contributed by atoms with van der Waals surface area (Å²) in [6.07, 6.45) is 5.51. The first kappa shape index (κ1) is 12.1. The molecule has 1 N–H and O–H groups in total. The summed E-state index contributed by atoms with van der Waals surface area (Å²) in [5.74, 6) is 0.891. The van der Waals surface area contributed by atoms with E-state index in [0.717, 1.165) is 22.6 Å². The maximum Gasteiger partial charge on any atom is 0.138 e. The van der Waals surface area contributed by atoms with Crippen molar-refractivity contribution in [1.29, 1.82) is 0 Å². The zero-order valence-corrected chi connectivity index (χ0v) is 11.7. The van der Waals surface area contributed by atoms with E-state index in [9.17, 15) is 0 Å². The molecule has 0 saturated carbocycles. The van der Waals surface area contributed by atoms with Crippen molar-refractivity contribution in [3.8, 4) is 0 Å². The summed E-state index contributed by atoms with van der Waals surface area (Å²) >= 11 is 1.63. The average molecular weight is 273 g/mol. The third-order valence-electron chi connectivity index (χ3n) is 2.87. The van der Waals surface area contributed by atoms with E-state index in [1.807, 2.05) is 35.4 Å². The molecule has 98 valence electrons. The van der Waals surface area contributed by atoms with E-state index >= 15 is 0 Å². The summed E-state index contributed by atoms with van der Waals surface area (Å²) in [5.41, 5.74) is 1.18. The van der Waals surface area contributed by atoms with E-state index < -0.39 is 0 Å². The topological polar surface area (TPSA) is 55.6 Å². The quantitative estimate of drug-likeness (QED) is 0.794. The molecule has 1 unspecified atom stereocenters. The summed E-state index contributed by atoms with van der Waals surface area (Å²) in [5, 5.41) is 10.8. The van der Waals surface area contributed by atoms with Crippen molar-refractivity contribution in [3.05, 3.63) is 35.7 Å². The highest BCUT2D eigenvalue weighted by Crippen LogP contribution is 2.24. The zero-order chi connectivity index (χ0) is 13.2. The van der Waals surface area contributed by atoms with E-state index in [1.54, 1.807) is 17.7 Å². The standard InChI is InChI=1S/C13H15N5S/c1-9-5-16-18(6-9)7-10(2)17-12-11-3-4-19-13(11)15-8-14-12/h3-6,8,10H,7H2,1-2H3,(H,14,15,17). The normalized spacial score (nSPS) is 12.7. The second-order valence-electron chi connectivity index (χ2n) is 4.65. The van der Waals surface area contributed by atoms with E-state index in [0.29, 0.717) is 0 Å². The Labute approximate surface area is 115 Å². The van der Waals surface area contributed by atoms with Crippen LogP contribution in [0.4, 0.5) is 5.82 Å². The molecule has 0 aromatic carbocycles. The Kier molecular flexibility index (Phi) is 3.16. The number of rotatable bonds is 4. The molecular weight excluding hydrogens is 258 g/mol. The molecule has 0 fully saturated rings. The van der Waals surface area contributed by atoms with Gasteiger partial charge < -0.3 is 5.32 Å². The van der Waals surface area contributed by atoms with Crippen molar-refractivity contribution in [2.45, 2.75) is 26.4 Å². The van der Waals surface area contributed by atoms with Gasteiger partial charge >= 0.3 is 0 Å². The summed E-state index contributed by atoms with van der Waals surface area (Å²) in [7, 11) is 0. The Balaban J connectivity index is 1.75. The molecule has 0 bridgehead atoms. The van der Waals surface area contributed by atoms with Crippen LogP contribution in [0.5, 0.6) is 0 Å². The van der Waals surface area contributed by atoms with Gasteiger partial charge in [0.25, 0.3) is 0 Å². The Bertz CT molecular complexity index is 687. The van der Waals surface area contributed by atoms with Crippen LogP contribution in [0.3, 0.4) is 0 Å². The van der Waals surface area contributed by atoms with Crippen LogP contribution in [-0.4, -0.2) is 25.8 Å². The van der Waals surface area contributed by atoms with Gasteiger partial charge in [0.15, 0.2) is 0 Å². The molecule has 19 heavy (non-hydrogen) atoms.